The molecule has 4 N–H and O–H groups in total. The number of hydrogen-bond donors (Lipinski definition) is 4. The summed E-state index contributed by atoms with van der Waals surface area (Å²) in [7, 11) is 0. The Balaban J connectivity index is 1.81. The Bertz CT molecular complexity index is 1020. The average molecular weight is 424 g/mol. The summed E-state index contributed by atoms with van der Waals surface area (Å²) >= 11 is 0. The van der Waals surface area contributed by atoms with Crippen LogP contribution in [0.15, 0.2) is 54.1 Å². The van der Waals surface area contributed by atoms with Gasteiger partial charge in [-0.15, -0.1) is 0 Å². The van der Waals surface area contributed by atoms with E-state index in [0.29, 0.717) is 17.6 Å². The summed E-state index contributed by atoms with van der Waals surface area (Å²) in [5.41, 5.74) is 2.56. The molecule has 0 saturated heterocycles. The highest BCUT2D eigenvalue weighted by molar-refractivity contribution is 6.03. The third-order valence-electron chi connectivity index (χ3n) is 5.42. The molecule has 1 aliphatic heterocycles. The Morgan fingerprint density at radius 2 is 1.90 bits per heavy atom. The van der Waals surface area contributed by atoms with Crippen LogP contribution in [-0.4, -0.2) is 32.3 Å². The van der Waals surface area contributed by atoms with Crippen molar-refractivity contribution in [3.05, 3.63) is 70.8 Å². The van der Waals surface area contributed by atoms with Crippen molar-refractivity contribution in [2.45, 2.75) is 51.7 Å². The maximum Gasteiger partial charge on any atom is 0.174 e. The highest BCUT2D eigenvalue weighted by Gasteiger charge is 2.33. The van der Waals surface area contributed by atoms with E-state index in [9.17, 15) is 25.2 Å². The molecule has 1 unspecified atom stereocenters. The number of carbonyl (C=O) groups is 1. The number of aliphatic hydroxyl groups excluding tert-OH is 1. The second-order valence-corrected chi connectivity index (χ2v) is 8.12. The average Bonchev–Trinajstić information content (AvgIpc) is 2.70. The molecule has 0 spiro atoms. The maximum atomic E-state index is 12.8. The minimum Gasteiger partial charge on any atom is -0.508 e. The number of aliphatic hydroxyl groups is 1. The van der Waals surface area contributed by atoms with Crippen LogP contribution >= 0.6 is 0 Å². The molecule has 0 fully saturated rings. The number of rotatable bonds is 7. The molecule has 164 valence electrons. The fourth-order valence-electron chi connectivity index (χ4n) is 3.63. The van der Waals surface area contributed by atoms with Gasteiger partial charge in [0.2, 0.25) is 0 Å². The quantitative estimate of drug-likeness (QED) is 0.479. The van der Waals surface area contributed by atoms with Crippen LogP contribution in [0.3, 0.4) is 0 Å². The first-order valence-corrected chi connectivity index (χ1v) is 10.2. The highest BCUT2D eigenvalue weighted by atomic mass is 16.5. The fourth-order valence-corrected chi connectivity index (χ4v) is 3.63. The van der Waals surface area contributed by atoms with Crippen molar-refractivity contribution in [3.8, 4) is 23.0 Å². The van der Waals surface area contributed by atoms with Crippen molar-refractivity contribution in [1.29, 1.82) is 0 Å². The molecule has 0 aromatic heterocycles. The largest absolute Gasteiger partial charge is 0.508 e. The number of allylic oxidation sites excluding steroid dienone is 2. The van der Waals surface area contributed by atoms with Crippen molar-refractivity contribution < 1.29 is 30.0 Å². The van der Waals surface area contributed by atoms with E-state index in [2.05, 4.69) is 6.58 Å². The zero-order valence-electron chi connectivity index (χ0n) is 17.8. The molecule has 0 bridgehead atoms. The lowest BCUT2D eigenvalue weighted by molar-refractivity contribution is 0.0844. The van der Waals surface area contributed by atoms with E-state index in [1.165, 1.54) is 23.8 Å². The minimum atomic E-state index is -0.968. The number of carbonyl (C=O) groups excluding carboxylic acids is 1. The van der Waals surface area contributed by atoms with Gasteiger partial charge in [-0.3, -0.25) is 4.79 Å². The standard InChI is InChI=1S/C25H28O6/c1-14(2)5-4-6-15(3)19(27)11-18-20(28)12-23-24(25(18)30)21(29)13-22(31-23)16-7-9-17(26)10-8-16/h5,7-10,12,19,22,26-28,30H,3-4,6,11,13H2,1-2H3/t19?,22-/m0/s1. The summed E-state index contributed by atoms with van der Waals surface area (Å²) in [5.74, 6) is -0.765. The topological polar surface area (TPSA) is 107 Å². The van der Waals surface area contributed by atoms with Gasteiger partial charge in [0.15, 0.2) is 5.78 Å². The Kier molecular flexibility index (Phi) is 6.71. The number of benzene rings is 2. The minimum absolute atomic E-state index is 0.00480. The van der Waals surface area contributed by atoms with Crippen LogP contribution in [0, 0.1) is 0 Å². The van der Waals surface area contributed by atoms with Crippen molar-refractivity contribution >= 4 is 5.78 Å². The summed E-state index contributed by atoms with van der Waals surface area (Å²) in [6, 6.07) is 7.62. The summed E-state index contributed by atoms with van der Waals surface area (Å²) in [5, 5.41) is 41.1. The van der Waals surface area contributed by atoms with Crippen LogP contribution in [-0.2, 0) is 6.42 Å². The zero-order valence-corrected chi connectivity index (χ0v) is 17.8. The Hall–Kier alpha value is -3.25. The van der Waals surface area contributed by atoms with Crippen LogP contribution in [0.1, 0.15) is 60.7 Å². The summed E-state index contributed by atoms with van der Waals surface area (Å²) in [6.45, 7) is 7.89. The monoisotopic (exact) mass is 424 g/mol. The van der Waals surface area contributed by atoms with E-state index in [1.807, 2.05) is 19.9 Å². The lowest BCUT2D eigenvalue weighted by Gasteiger charge is -2.27. The van der Waals surface area contributed by atoms with Gasteiger partial charge in [-0.05, 0) is 50.0 Å². The van der Waals surface area contributed by atoms with E-state index < -0.39 is 12.2 Å². The van der Waals surface area contributed by atoms with Crippen molar-refractivity contribution in [3.63, 3.8) is 0 Å². The van der Waals surface area contributed by atoms with Crippen LogP contribution < -0.4 is 4.74 Å². The molecule has 0 aliphatic carbocycles. The number of hydrogen-bond acceptors (Lipinski definition) is 6. The number of Topliss-reactive ketones (excluding diaryl/α,β-unsaturated/α-hetero) is 1. The molecule has 31 heavy (non-hydrogen) atoms. The van der Waals surface area contributed by atoms with Crippen molar-refractivity contribution in [1.82, 2.24) is 0 Å². The summed E-state index contributed by atoms with van der Waals surface area (Å²) in [4.78, 5) is 12.8. The first-order valence-electron chi connectivity index (χ1n) is 10.2. The van der Waals surface area contributed by atoms with Gasteiger partial charge in [-0.25, -0.2) is 0 Å². The molecule has 6 nitrogen and oxygen atoms in total. The maximum absolute atomic E-state index is 12.8. The van der Waals surface area contributed by atoms with E-state index >= 15 is 0 Å². The van der Waals surface area contributed by atoms with Gasteiger partial charge in [-0.1, -0.05) is 30.4 Å². The molecular formula is C25H28O6. The first-order chi connectivity index (χ1) is 14.7. The number of ether oxygens (including phenoxy) is 1. The summed E-state index contributed by atoms with van der Waals surface area (Å²) in [6.07, 6.45) is 1.75. The van der Waals surface area contributed by atoms with Gasteiger partial charge >= 0.3 is 0 Å². The number of ketones is 1. The Morgan fingerprint density at radius 1 is 1.23 bits per heavy atom. The summed E-state index contributed by atoms with van der Waals surface area (Å²) < 4.78 is 5.86. The van der Waals surface area contributed by atoms with Gasteiger partial charge in [-0.2, -0.15) is 0 Å². The number of fused-ring (bicyclic) bond motifs is 1. The third-order valence-corrected chi connectivity index (χ3v) is 5.42. The van der Waals surface area contributed by atoms with Crippen LogP contribution in [0.2, 0.25) is 0 Å². The molecule has 2 aromatic carbocycles. The lowest BCUT2D eigenvalue weighted by Crippen LogP contribution is -2.21. The second kappa shape index (κ2) is 9.27. The van der Waals surface area contributed by atoms with Gasteiger partial charge in [0.05, 0.1) is 12.5 Å². The van der Waals surface area contributed by atoms with Gasteiger partial charge in [0.25, 0.3) is 0 Å². The molecule has 0 amide bonds. The Labute approximate surface area is 181 Å². The molecule has 1 heterocycles. The second-order valence-electron chi connectivity index (χ2n) is 8.12. The van der Waals surface area contributed by atoms with E-state index in [0.717, 1.165) is 6.42 Å². The van der Waals surface area contributed by atoms with Gasteiger partial charge in [0.1, 0.15) is 34.7 Å². The SMILES string of the molecule is C=C(CCC=C(C)C)C(O)Cc1c(O)cc2c(c1O)C(=O)C[C@@H](c1ccc(O)cc1)O2. The predicted octanol–water partition coefficient (Wildman–Crippen LogP) is 4.72. The molecule has 2 atom stereocenters. The van der Waals surface area contributed by atoms with Crippen molar-refractivity contribution in [2.24, 2.45) is 0 Å². The van der Waals surface area contributed by atoms with Gasteiger partial charge < -0.3 is 25.2 Å². The number of phenolic OH excluding ortho intramolecular Hbond substituents is 3. The van der Waals surface area contributed by atoms with Crippen LogP contribution in [0.4, 0.5) is 0 Å². The normalized spacial score (nSPS) is 16.2. The highest BCUT2D eigenvalue weighted by Crippen LogP contribution is 2.45. The van der Waals surface area contributed by atoms with Crippen LogP contribution in [0.5, 0.6) is 23.0 Å². The first kappa shape index (κ1) is 22.4. The molecular weight excluding hydrogens is 396 g/mol. The lowest BCUT2D eigenvalue weighted by atomic mass is 9.91. The molecule has 2 aromatic rings. The molecule has 0 radical (unpaired) electrons. The fraction of sp³-hybridized carbons (Fsp3) is 0.320. The third kappa shape index (κ3) is 5.09. The zero-order chi connectivity index (χ0) is 22.7. The molecule has 0 saturated carbocycles. The van der Waals surface area contributed by atoms with E-state index in [4.69, 9.17) is 4.74 Å². The van der Waals surface area contributed by atoms with Crippen molar-refractivity contribution in [2.75, 3.05) is 0 Å². The molecule has 3 rings (SSSR count). The molecule has 1 aliphatic rings. The Morgan fingerprint density at radius 3 is 2.55 bits per heavy atom. The van der Waals surface area contributed by atoms with Gasteiger partial charge in [0, 0.05) is 18.1 Å². The van der Waals surface area contributed by atoms with E-state index in [-0.39, 0.29) is 52.7 Å². The smallest absolute Gasteiger partial charge is 0.174 e. The van der Waals surface area contributed by atoms with E-state index in [1.54, 1.807) is 12.1 Å². The predicted molar refractivity (Wildman–Crippen MR) is 118 cm³/mol. The number of aromatic hydroxyl groups is 3. The van der Waals surface area contributed by atoms with Crippen LogP contribution in [0.25, 0.3) is 0 Å². The number of phenols is 3. The molecule has 6 heteroatoms.